The first kappa shape index (κ1) is 15.9. The van der Waals surface area contributed by atoms with Crippen molar-refractivity contribution in [2.75, 3.05) is 11.9 Å². The van der Waals surface area contributed by atoms with Gasteiger partial charge in [-0.1, -0.05) is 22.6 Å². The molecule has 1 aromatic carbocycles. The summed E-state index contributed by atoms with van der Waals surface area (Å²) in [5, 5.41) is 17.5. The Hall–Kier alpha value is -2.59. The van der Waals surface area contributed by atoms with E-state index in [9.17, 15) is 5.26 Å². The van der Waals surface area contributed by atoms with E-state index in [2.05, 4.69) is 34.6 Å². The Labute approximate surface area is 150 Å². The van der Waals surface area contributed by atoms with Crippen LogP contribution in [0, 0.1) is 18.4 Å². The Kier molecular flexibility index (Phi) is 4.06. The summed E-state index contributed by atoms with van der Waals surface area (Å²) in [5.41, 5.74) is 3.07. The van der Waals surface area contributed by atoms with Crippen LogP contribution >= 0.6 is 11.3 Å². The SMILES string of the molecule is Cc1oncc1-c1ccc2nc(NC(C)C3CCCN3C#N)sc2c1. The fraction of sp³-hybridized carbons (Fsp3) is 0.389. The number of rotatable bonds is 4. The molecule has 1 saturated heterocycles. The molecule has 1 fully saturated rings. The number of fused-ring (bicyclic) bond motifs is 1. The highest BCUT2D eigenvalue weighted by atomic mass is 32.1. The number of nitrogens with one attached hydrogen (secondary N) is 1. The van der Waals surface area contributed by atoms with Crippen LogP contribution in [0.4, 0.5) is 5.13 Å². The summed E-state index contributed by atoms with van der Waals surface area (Å²) in [6, 6.07) is 6.62. The van der Waals surface area contributed by atoms with Crippen molar-refractivity contribution >= 4 is 26.7 Å². The van der Waals surface area contributed by atoms with Crippen LogP contribution in [-0.2, 0) is 0 Å². The maximum atomic E-state index is 9.23. The molecule has 4 rings (SSSR count). The number of nitriles is 1. The number of thiazole rings is 1. The first-order valence-corrected chi connectivity index (χ1v) is 9.22. The van der Waals surface area contributed by atoms with Crippen molar-refractivity contribution in [3.63, 3.8) is 0 Å². The number of benzene rings is 1. The minimum Gasteiger partial charge on any atom is -0.361 e. The van der Waals surface area contributed by atoms with E-state index in [4.69, 9.17) is 4.52 Å². The average molecular weight is 353 g/mol. The molecule has 2 aromatic heterocycles. The molecule has 25 heavy (non-hydrogen) atoms. The zero-order chi connectivity index (χ0) is 17.4. The normalized spacial score (nSPS) is 18.4. The van der Waals surface area contributed by atoms with Crippen LogP contribution in [0.5, 0.6) is 0 Å². The van der Waals surface area contributed by atoms with Gasteiger partial charge in [0, 0.05) is 18.2 Å². The van der Waals surface area contributed by atoms with Gasteiger partial charge in [0.1, 0.15) is 5.76 Å². The fourth-order valence-electron chi connectivity index (χ4n) is 3.46. The van der Waals surface area contributed by atoms with Gasteiger partial charge in [0.25, 0.3) is 0 Å². The van der Waals surface area contributed by atoms with Gasteiger partial charge >= 0.3 is 0 Å². The number of hydrogen-bond donors (Lipinski definition) is 1. The maximum Gasteiger partial charge on any atom is 0.184 e. The number of hydrogen-bond acceptors (Lipinski definition) is 7. The van der Waals surface area contributed by atoms with Crippen molar-refractivity contribution < 1.29 is 4.52 Å². The number of likely N-dealkylation sites (tertiary alicyclic amines) is 1. The topological polar surface area (TPSA) is 78.0 Å². The van der Waals surface area contributed by atoms with Crippen molar-refractivity contribution in [1.82, 2.24) is 15.0 Å². The summed E-state index contributed by atoms with van der Waals surface area (Å²) in [4.78, 5) is 6.56. The first-order chi connectivity index (χ1) is 12.2. The highest BCUT2D eigenvalue weighted by Crippen LogP contribution is 2.32. The van der Waals surface area contributed by atoms with E-state index in [0.29, 0.717) is 0 Å². The third-order valence-corrected chi connectivity index (χ3v) is 5.76. The van der Waals surface area contributed by atoms with Crippen molar-refractivity contribution in [3.8, 4) is 17.3 Å². The van der Waals surface area contributed by atoms with Gasteiger partial charge in [-0.3, -0.25) is 0 Å². The maximum absolute atomic E-state index is 9.23. The van der Waals surface area contributed by atoms with Gasteiger partial charge in [0.15, 0.2) is 11.3 Å². The van der Waals surface area contributed by atoms with Crippen LogP contribution in [0.3, 0.4) is 0 Å². The van der Waals surface area contributed by atoms with E-state index in [-0.39, 0.29) is 12.1 Å². The minimum absolute atomic E-state index is 0.183. The molecule has 2 unspecified atom stereocenters. The Morgan fingerprint density at radius 2 is 2.36 bits per heavy atom. The van der Waals surface area contributed by atoms with Gasteiger partial charge in [-0.05, 0) is 44.4 Å². The zero-order valence-electron chi connectivity index (χ0n) is 14.2. The zero-order valence-corrected chi connectivity index (χ0v) is 15.0. The molecule has 2 atom stereocenters. The Bertz CT molecular complexity index is 940. The monoisotopic (exact) mass is 353 g/mol. The molecule has 0 aliphatic carbocycles. The molecule has 0 bridgehead atoms. The lowest BCUT2D eigenvalue weighted by molar-refractivity contribution is 0.336. The second kappa shape index (κ2) is 6.37. The predicted octanol–water partition coefficient (Wildman–Crippen LogP) is 4.01. The van der Waals surface area contributed by atoms with Gasteiger partial charge in [-0.2, -0.15) is 5.26 Å². The molecule has 7 heteroatoms. The fourth-order valence-corrected chi connectivity index (χ4v) is 4.46. The van der Waals surface area contributed by atoms with Crippen LogP contribution in [-0.4, -0.2) is 33.7 Å². The van der Waals surface area contributed by atoms with Gasteiger partial charge in [0.05, 0.1) is 22.5 Å². The van der Waals surface area contributed by atoms with Gasteiger partial charge in [-0.25, -0.2) is 4.98 Å². The smallest absolute Gasteiger partial charge is 0.184 e. The second-order valence-electron chi connectivity index (χ2n) is 6.43. The predicted molar refractivity (Wildman–Crippen MR) is 98.3 cm³/mol. The second-order valence-corrected chi connectivity index (χ2v) is 7.46. The van der Waals surface area contributed by atoms with E-state index in [1.165, 1.54) is 0 Å². The standard InChI is InChI=1S/C18H19N5OS/c1-11(16-4-3-7-23(16)10-19)21-18-22-15-6-5-13(8-17(15)25-18)14-9-20-24-12(14)2/h5-6,8-9,11,16H,3-4,7H2,1-2H3,(H,21,22). The molecule has 3 heterocycles. The van der Waals surface area contributed by atoms with Crippen LogP contribution in [0.15, 0.2) is 28.9 Å². The molecule has 1 aliphatic rings. The molecule has 128 valence electrons. The van der Waals surface area contributed by atoms with Gasteiger partial charge < -0.3 is 14.7 Å². The summed E-state index contributed by atoms with van der Waals surface area (Å²) in [6.07, 6.45) is 6.16. The molecule has 0 amide bonds. The molecule has 6 nitrogen and oxygen atoms in total. The van der Waals surface area contributed by atoms with Crippen molar-refractivity contribution in [2.45, 2.75) is 38.8 Å². The molecule has 0 radical (unpaired) electrons. The summed E-state index contributed by atoms with van der Waals surface area (Å²) in [7, 11) is 0. The summed E-state index contributed by atoms with van der Waals surface area (Å²) >= 11 is 1.64. The molecular weight excluding hydrogens is 334 g/mol. The minimum atomic E-state index is 0.183. The van der Waals surface area contributed by atoms with E-state index in [0.717, 1.165) is 51.6 Å². The van der Waals surface area contributed by atoms with Crippen LogP contribution in [0.2, 0.25) is 0 Å². The highest BCUT2D eigenvalue weighted by Gasteiger charge is 2.29. The van der Waals surface area contributed by atoms with Crippen LogP contribution < -0.4 is 5.32 Å². The van der Waals surface area contributed by atoms with E-state index in [1.54, 1.807) is 17.5 Å². The quantitative estimate of drug-likeness (QED) is 0.714. The third-order valence-electron chi connectivity index (χ3n) is 4.81. The molecule has 0 spiro atoms. The van der Waals surface area contributed by atoms with Crippen LogP contribution in [0.1, 0.15) is 25.5 Å². The number of aryl methyl sites for hydroxylation is 1. The lowest BCUT2D eigenvalue weighted by Gasteiger charge is -2.25. The Balaban J connectivity index is 1.57. The van der Waals surface area contributed by atoms with Crippen molar-refractivity contribution in [1.29, 1.82) is 5.26 Å². The number of aromatic nitrogens is 2. The van der Waals surface area contributed by atoms with Gasteiger partial charge in [0.2, 0.25) is 0 Å². The largest absolute Gasteiger partial charge is 0.361 e. The van der Waals surface area contributed by atoms with Gasteiger partial charge in [-0.15, -0.1) is 0 Å². The lowest BCUT2D eigenvalue weighted by atomic mass is 10.1. The first-order valence-electron chi connectivity index (χ1n) is 8.41. The number of nitrogens with zero attached hydrogens (tertiary/aromatic N) is 4. The molecular formula is C18H19N5OS. The molecule has 3 aromatic rings. The highest BCUT2D eigenvalue weighted by molar-refractivity contribution is 7.22. The average Bonchev–Trinajstić information content (AvgIpc) is 3.32. The molecule has 0 saturated carbocycles. The summed E-state index contributed by atoms with van der Waals surface area (Å²) < 4.78 is 6.28. The molecule has 1 aliphatic heterocycles. The van der Waals surface area contributed by atoms with Crippen molar-refractivity contribution in [3.05, 3.63) is 30.2 Å². The van der Waals surface area contributed by atoms with E-state index in [1.807, 2.05) is 24.0 Å². The van der Waals surface area contributed by atoms with Crippen LogP contribution in [0.25, 0.3) is 21.3 Å². The summed E-state index contributed by atoms with van der Waals surface area (Å²) in [5.74, 6) is 0.814. The van der Waals surface area contributed by atoms with E-state index < -0.39 is 0 Å². The number of anilines is 1. The summed E-state index contributed by atoms with van der Waals surface area (Å²) in [6.45, 7) is 4.89. The third kappa shape index (κ3) is 2.94. The molecule has 1 N–H and O–H groups in total. The Morgan fingerprint density at radius 3 is 3.12 bits per heavy atom. The van der Waals surface area contributed by atoms with E-state index >= 15 is 0 Å². The Morgan fingerprint density at radius 1 is 1.48 bits per heavy atom. The lowest BCUT2D eigenvalue weighted by Crippen LogP contribution is -2.38. The van der Waals surface area contributed by atoms with Crippen molar-refractivity contribution in [2.24, 2.45) is 0 Å².